The van der Waals surface area contributed by atoms with Crippen LogP contribution in [0, 0.1) is 0 Å². The maximum atomic E-state index is 9.44. The van der Waals surface area contributed by atoms with Gasteiger partial charge in [-0.1, -0.05) is 13.8 Å². The van der Waals surface area contributed by atoms with Crippen molar-refractivity contribution in [3.8, 4) is 0 Å². The Morgan fingerprint density at radius 1 is 0.917 bits per heavy atom. The molecule has 0 atom stereocenters. The Morgan fingerprint density at radius 2 is 1.00 bits per heavy atom. The van der Waals surface area contributed by atoms with Crippen LogP contribution in [0.25, 0.3) is 0 Å². The first-order valence-electron chi connectivity index (χ1n) is 2.99. The molecule has 0 saturated carbocycles. The van der Waals surface area contributed by atoms with E-state index in [0.29, 0.717) is 0 Å². The number of hydrogen-bond acceptors (Lipinski definition) is 6. The third kappa shape index (κ3) is 22.6. The van der Waals surface area contributed by atoms with E-state index in [1.165, 1.54) is 13.8 Å². The van der Waals surface area contributed by atoms with Crippen LogP contribution >= 0.6 is 0 Å². The van der Waals surface area contributed by atoms with Gasteiger partial charge < -0.3 is 9.11 Å². The van der Waals surface area contributed by atoms with Gasteiger partial charge in [-0.15, -0.1) is 0 Å². The van der Waals surface area contributed by atoms with Gasteiger partial charge in [0, 0.05) is 11.5 Å². The van der Waals surface area contributed by atoms with Crippen molar-refractivity contribution >= 4 is 20.2 Å². The fourth-order valence-corrected chi connectivity index (χ4v) is 0. The van der Waals surface area contributed by atoms with Gasteiger partial charge in [-0.05, 0) is 0 Å². The molecule has 76 valence electrons. The predicted octanol–water partition coefficient (Wildman–Crippen LogP) is -0.672. The zero-order chi connectivity index (χ0) is 10.4. The number of hydrogen-bond donors (Lipinski definition) is 0. The van der Waals surface area contributed by atoms with E-state index in [2.05, 4.69) is 0 Å². The van der Waals surface area contributed by atoms with Crippen LogP contribution in [0.4, 0.5) is 0 Å². The molecule has 12 heavy (non-hydrogen) atoms. The third-order valence-electron chi connectivity index (χ3n) is 0.707. The van der Waals surface area contributed by atoms with Gasteiger partial charge in [-0.3, -0.25) is 0 Å². The molecule has 0 amide bonds. The summed E-state index contributed by atoms with van der Waals surface area (Å²) >= 11 is 0. The molecular formula is C4H12O6S2. The summed E-state index contributed by atoms with van der Waals surface area (Å²) in [6.07, 6.45) is 0. The van der Waals surface area contributed by atoms with Crippen LogP contribution < -0.4 is 0 Å². The molecule has 0 aromatic heterocycles. The van der Waals surface area contributed by atoms with Crippen LogP contribution in [0.3, 0.4) is 0 Å². The van der Waals surface area contributed by atoms with Gasteiger partial charge in [0.25, 0.3) is 0 Å². The second kappa shape index (κ2) is 5.46. The normalized spacial score (nSPS) is 11.7. The Kier molecular flexibility index (Phi) is 6.53. The van der Waals surface area contributed by atoms with Crippen LogP contribution in [0.1, 0.15) is 16.7 Å². The first kappa shape index (κ1) is 14.3. The highest BCUT2D eigenvalue weighted by Gasteiger charge is 1.80. The van der Waals surface area contributed by atoms with Crippen molar-refractivity contribution in [1.82, 2.24) is 0 Å². The zero-order valence-corrected chi connectivity index (χ0v) is 8.31. The molecule has 0 N–H and O–H groups in total. The Morgan fingerprint density at radius 3 is 1.00 bits per heavy atom. The molecule has 0 unspecified atom stereocenters. The van der Waals surface area contributed by atoms with Gasteiger partial charge in [0.2, 0.25) is 0 Å². The maximum Gasteiger partial charge on any atom is 1.00 e. The summed E-state index contributed by atoms with van der Waals surface area (Å²) in [5.74, 6) is -0.625. The van der Waals surface area contributed by atoms with Crippen molar-refractivity contribution in [2.75, 3.05) is 11.5 Å². The molecule has 0 fully saturated rings. The molecular weight excluding hydrogens is 208 g/mol. The van der Waals surface area contributed by atoms with Crippen LogP contribution in [0.2, 0.25) is 0 Å². The first-order valence-corrected chi connectivity index (χ1v) is 6.15. The summed E-state index contributed by atoms with van der Waals surface area (Å²) in [5.41, 5.74) is 0. The average molecular weight is 220 g/mol. The lowest BCUT2D eigenvalue weighted by Gasteiger charge is -1.97. The van der Waals surface area contributed by atoms with Crippen molar-refractivity contribution in [1.29, 1.82) is 0 Å². The molecule has 0 aromatic carbocycles. The van der Waals surface area contributed by atoms with E-state index in [9.17, 15) is 25.9 Å². The van der Waals surface area contributed by atoms with Crippen molar-refractivity contribution in [3.05, 3.63) is 0 Å². The lowest BCUT2D eigenvalue weighted by molar-refractivity contribution is 0.462. The van der Waals surface area contributed by atoms with Gasteiger partial charge >= 0.3 is 2.85 Å². The van der Waals surface area contributed by atoms with Crippen LogP contribution in [-0.2, 0) is 20.2 Å². The monoisotopic (exact) mass is 220 g/mol. The van der Waals surface area contributed by atoms with Gasteiger partial charge in [-0.25, -0.2) is 16.8 Å². The Hall–Kier alpha value is -0.180. The summed E-state index contributed by atoms with van der Waals surface area (Å²) < 4.78 is 56.7. The summed E-state index contributed by atoms with van der Waals surface area (Å²) in [5, 5.41) is 0. The van der Waals surface area contributed by atoms with Crippen molar-refractivity contribution in [2.24, 2.45) is 0 Å². The van der Waals surface area contributed by atoms with E-state index < -0.39 is 20.2 Å². The second-order valence-electron chi connectivity index (χ2n) is 1.69. The van der Waals surface area contributed by atoms with Crippen LogP contribution in [0.15, 0.2) is 0 Å². The second-order valence-corrected chi connectivity index (χ2v) is 5.08. The predicted molar refractivity (Wildman–Crippen MR) is 42.7 cm³/mol. The van der Waals surface area contributed by atoms with Gasteiger partial charge in [0.05, 0.1) is 20.2 Å². The maximum absolute atomic E-state index is 9.44. The van der Waals surface area contributed by atoms with Crippen molar-refractivity contribution in [2.45, 2.75) is 13.8 Å². The fraction of sp³-hybridized carbons (Fsp3) is 1.00. The highest BCUT2D eigenvalue weighted by atomic mass is 32.2. The Balaban J connectivity index is -0.0000000625. The fourth-order valence-electron chi connectivity index (χ4n) is 0. The first-order chi connectivity index (χ1) is 5.12. The minimum atomic E-state index is -3.91. The molecule has 0 bridgehead atoms. The lowest BCUT2D eigenvalue weighted by Crippen LogP contribution is -1.98. The zero-order valence-electron chi connectivity index (χ0n) is 8.68. The van der Waals surface area contributed by atoms with E-state index in [0.717, 1.165) is 0 Å². The minimum Gasteiger partial charge on any atom is -0.748 e. The largest absolute Gasteiger partial charge is 1.00 e. The molecule has 0 saturated heterocycles. The summed E-state index contributed by atoms with van der Waals surface area (Å²) in [7, 11) is -7.82. The Labute approximate surface area is 75.1 Å². The molecule has 0 aliphatic heterocycles. The smallest absolute Gasteiger partial charge is 0.748 e. The summed E-state index contributed by atoms with van der Waals surface area (Å²) in [6, 6.07) is 0. The molecule has 0 rings (SSSR count). The molecule has 0 aromatic rings. The topological polar surface area (TPSA) is 114 Å². The molecule has 0 aliphatic carbocycles. The summed E-state index contributed by atoms with van der Waals surface area (Å²) in [4.78, 5) is 0. The Bertz CT molecular complexity index is 262. The van der Waals surface area contributed by atoms with E-state index in [1.807, 2.05) is 0 Å². The van der Waals surface area contributed by atoms with Crippen LogP contribution in [-0.4, -0.2) is 37.4 Å². The SMILES string of the molecule is CCS(=O)(=O)[O-].CCS(=O)(=O)[O-].[H+].[H+]. The molecule has 0 radical (unpaired) electrons. The van der Waals surface area contributed by atoms with Gasteiger partial charge in [0.1, 0.15) is 0 Å². The van der Waals surface area contributed by atoms with Gasteiger partial charge in [-0.2, -0.15) is 0 Å². The number of rotatable bonds is 2. The van der Waals surface area contributed by atoms with Crippen molar-refractivity contribution in [3.63, 3.8) is 0 Å². The van der Waals surface area contributed by atoms with E-state index in [-0.39, 0.29) is 14.4 Å². The molecule has 8 heteroatoms. The molecule has 6 nitrogen and oxygen atoms in total. The van der Waals surface area contributed by atoms with Gasteiger partial charge in [0.15, 0.2) is 0 Å². The molecule has 0 aliphatic rings. The molecule has 0 spiro atoms. The van der Waals surface area contributed by atoms with E-state index in [4.69, 9.17) is 0 Å². The standard InChI is InChI=1S/2C2H6O3S/c2*1-2-6(3,4)5/h2*2H2,1H3,(H,3,4,5). The minimum absolute atomic E-state index is 0. The lowest BCUT2D eigenvalue weighted by atomic mass is 11.0. The van der Waals surface area contributed by atoms with E-state index >= 15 is 0 Å². The quantitative estimate of drug-likeness (QED) is 0.570. The highest BCUT2D eigenvalue weighted by molar-refractivity contribution is 7.85. The summed E-state index contributed by atoms with van der Waals surface area (Å²) in [6.45, 7) is 2.62. The highest BCUT2D eigenvalue weighted by Crippen LogP contribution is 1.74. The third-order valence-corrected chi connectivity index (χ3v) is 2.12. The van der Waals surface area contributed by atoms with Crippen LogP contribution in [0.5, 0.6) is 0 Å². The van der Waals surface area contributed by atoms with Crippen molar-refractivity contribution < 1.29 is 28.8 Å². The van der Waals surface area contributed by atoms with E-state index in [1.54, 1.807) is 0 Å². The molecule has 0 heterocycles. The average Bonchev–Trinajstić information content (AvgIpc) is 1.86.